The van der Waals surface area contributed by atoms with Gasteiger partial charge in [0.1, 0.15) is 0 Å². The molecule has 16 heavy (non-hydrogen) atoms. The fourth-order valence-electron chi connectivity index (χ4n) is 1.61. The first kappa shape index (κ1) is 11.1. The molecule has 0 aromatic heterocycles. The highest BCUT2D eigenvalue weighted by Crippen LogP contribution is 2.29. The van der Waals surface area contributed by atoms with E-state index in [4.69, 9.17) is 0 Å². The zero-order valence-corrected chi connectivity index (χ0v) is 10.4. The third-order valence-corrected chi connectivity index (χ3v) is 2.83. The second kappa shape index (κ2) is 5.08. The molecule has 0 unspecified atom stereocenters. The van der Waals surface area contributed by atoms with Crippen molar-refractivity contribution in [2.24, 2.45) is 4.36 Å². The lowest BCUT2D eigenvalue weighted by Crippen LogP contribution is -1.81. The molecule has 0 aliphatic rings. The Hall–Kier alpha value is -1.41. The number of rotatable bonds is 2. The highest BCUT2D eigenvalue weighted by molar-refractivity contribution is 7.85. The Morgan fingerprint density at radius 1 is 0.812 bits per heavy atom. The van der Waals surface area contributed by atoms with Crippen LogP contribution in [0.5, 0.6) is 0 Å². The summed E-state index contributed by atoms with van der Waals surface area (Å²) in [5.74, 6) is 0. The van der Waals surface area contributed by atoms with E-state index in [0.717, 1.165) is 5.69 Å². The minimum Gasteiger partial charge on any atom is -0.228 e. The van der Waals surface area contributed by atoms with Crippen LogP contribution >= 0.6 is 0 Å². The van der Waals surface area contributed by atoms with Crippen molar-refractivity contribution in [2.75, 3.05) is 12.5 Å². The van der Waals surface area contributed by atoms with Crippen molar-refractivity contribution in [1.82, 2.24) is 0 Å². The standard InChI is InChI=1S/C14H15NS/c1-16(2)15-14-11-7-6-10-13(14)12-8-4-3-5-9-12/h3-11H,1-2H3. The molecule has 0 bridgehead atoms. The summed E-state index contributed by atoms with van der Waals surface area (Å²) in [4.78, 5) is 0. The van der Waals surface area contributed by atoms with Gasteiger partial charge in [0, 0.05) is 5.56 Å². The predicted octanol–water partition coefficient (Wildman–Crippen LogP) is 4.05. The molecule has 0 spiro atoms. The van der Waals surface area contributed by atoms with Crippen LogP contribution in [0.4, 0.5) is 5.69 Å². The van der Waals surface area contributed by atoms with E-state index in [1.807, 2.05) is 12.1 Å². The van der Waals surface area contributed by atoms with Gasteiger partial charge in [-0.05, 0) is 24.1 Å². The van der Waals surface area contributed by atoms with Crippen molar-refractivity contribution in [3.05, 3.63) is 54.6 Å². The summed E-state index contributed by atoms with van der Waals surface area (Å²) in [5.41, 5.74) is 3.53. The van der Waals surface area contributed by atoms with Gasteiger partial charge in [0.2, 0.25) is 0 Å². The number of hydrogen-bond acceptors (Lipinski definition) is 1. The number of hydrogen-bond donors (Lipinski definition) is 0. The van der Waals surface area contributed by atoms with Gasteiger partial charge < -0.3 is 0 Å². The Kier molecular flexibility index (Phi) is 3.52. The van der Waals surface area contributed by atoms with E-state index in [-0.39, 0.29) is 10.7 Å². The van der Waals surface area contributed by atoms with Crippen LogP contribution in [0.2, 0.25) is 0 Å². The van der Waals surface area contributed by atoms with Crippen LogP contribution in [0, 0.1) is 0 Å². The first-order chi connectivity index (χ1) is 7.77. The summed E-state index contributed by atoms with van der Waals surface area (Å²) in [7, 11) is 0.0744. The molecule has 0 atom stereocenters. The van der Waals surface area contributed by atoms with Crippen molar-refractivity contribution in [1.29, 1.82) is 0 Å². The highest BCUT2D eigenvalue weighted by atomic mass is 32.2. The summed E-state index contributed by atoms with van der Waals surface area (Å²) in [6.07, 6.45) is 4.25. The Labute approximate surface area is 99.2 Å². The van der Waals surface area contributed by atoms with Crippen molar-refractivity contribution < 1.29 is 0 Å². The van der Waals surface area contributed by atoms with Crippen LogP contribution in [0.25, 0.3) is 11.1 Å². The van der Waals surface area contributed by atoms with Crippen molar-refractivity contribution in [3.63, 3.8) is 0 Å². The fraction of sp³-hybridized carbons (Fsp3) is 0.143. The van der Waals surface area contributed by atoms with Gasteiger partial charge in [-0.2, -0.15) is 0 Å². The van der Waals surface area contributed by atoms with E-state index in [1.165, 1.54) is 11.1 Å². The summed E-state index contributed by atoms with van der Waals surface area (Å²) in [6, 6.07) is 18.7. The molecule has 2 heteroatoms. The van der Waals surface area contributed by atoms with E-state index >= 15 is 0 Å². The fourth-order valence-corrected chi connectivity index (χ4v) is 2.16. The second-order valence-corrected chi connectivity index (χ2v) is 5.48. The van der Waals surface area contributed by atoms with Gasteiger partial charge in [-0.25, -0.2) is 4.36 Å². The summed E-state index contributed by atoms with van der Waals surface area (Å²) >= 11 is 0. The average Bonchev–Trinajstić information content (AvgIpc) is 2.30. The van der Waals surface area contributed by atoms with Crippen LogP contribution in [0.3, 0.4) is 0 Å². The lowest BCUT2D eigenvalue weighted by atomic mass is 10.0. The van der Waals surface area contributed by atoms with E-state index in [9.17, 15) is 0 Å². The van der Waals surface area contributed by atoms with Gasteiger partial charge in [-0.1, -0.05) is 48.5 Å². The Morgan fingerprint density at radius 2 is 1.44 bits per heavy atom. The largest absolute Gasteiger partial charge is 0.228 e. The van der Waals surface area contributed by atoms with Crippen LogP contribution in [-0.2, 0) is 10.7 Å². The van der Waals surface area contributed by atoms with Gasteiger partial charge in [0.15, 0.2) is 0 Å². The maximum atomic E-state index is 4.66. The van der Waals surface area contributed by atoms with Crippen LogP contribution in [-0.4, -0.2) is 12.5 Å². The molecule has 2 rings (SSSR count). The van der Waals surface area contributed by atoms with Gasteiger partial charge in [0.05, 0.1) is 5.69 Å². The van der Waals surface area contributed by atoms with Gasteiger partial charge in [-0.3, -0.25) is 0 Å². The zero-order chi connectivity index (χ0) is 11.4. The third kappa shape index (κ3) is 2.58. The van der Waals surface area contributed by atoms with E-state index in [1.54, 1.807) is 0 Å². The molecule has 2 aromatic carbocycles. The number of benzene rings is 2. The Bertz CT molecular complexity index is 499. The molecule has 0 saturated carbocycles. The molecule has 0 aliphatic heterocycles. The smallest absolute Gasteiger partial charge is 0.0781 e. The van der Waals surface area contributed by atoms with Gasteiger partial charge >= 0.3 is 0 Å². The molecule has 1 nitrogen and oxygen atoms in total. The second-order valence-electron chi connectivity index (χ2n) is 3.75. The zero-order valence-electron chi connectivity index (χ0n) is 9.55. The molecule has 0 fully saturated rings. The summed E-state index contributed by atoms with van der Waals surface area (Å²) < 4.78 is 4.66. The lowest BCUT2D eigenvalue weighted by Gasteiger charge is -2.05. The Balaban J connectivity index is 2.53. The molecule has 0 N–H and O–H groups in total. The normalized spacial score (nSPS) is 10.4. The van der Waals surface area contributed by atoms with Crippen LogP contribution < -0.4 is 0 Å². The van der Waals surface area contributed by atoms with Crippen molar-refractivity contribution >= 4 is 16.4 Å². The summed E-state index contributed by atoms with van der Waals surface area (Å²) in [5, 5.41) is 0. The highest BCUT2D eigenvalue weighted by Gasteiger charge is 2.02. The first-order valence-electron chi connectivity index (χ1n) is 5.21. The molecular formula is C14H15NS. The van der Waals surface area contributed by atoms with E-state index in [0.29, 0.717) is 0 Å². The maximum absolute atomic E-state index is 4.66. The molecule has 0 heterocycles. The third-order valence-electron chi connectivity index (χ3n) is 2.27. The maximum Gasteiger partial charge on any atom is 0.0781 e. The molecule has 0 saturated heterocycles. The van der Waals surface area contributed by atoms with Crippen molar-refractivity contribution in [3.8, 4) is 11.1 Å². The van der Waals surface area contributed by atoms with Gasteiger partial charge in [0.25, 0.3) is 0 Å². The molecular weight excluding hydrogens is 214 g/mol. The van der Waals surface area contributed by atoms with Crippen LogP contribution in [0.1, 0.15) is 0 Å². The average molecular weight is 229 g/mol. The Morgan fingerprint density at radius 3 is 2.12 bits per heavy atom. The minimum atomic E-state index is 0.0744. The van der Waals surface area contributed by atoms with Crippen molar-refractivity contribution in [2.45, 2.75) is 0 Å². The van der Waals surface area contributed by atoms with Gasteiger partial charge in [-0.15, -0.1) is 10.7 Å². The van der Waals surface area contributed by atoms with E-state index in [2.05, 4.69) is 59.3 Å². The summed E-state index contributed by atoms with van der Waals surface area (Å²) in [6.45, 7) is 0. The molecule has 2 aromatic rings. The minimum absolute atomic E-state index is 0.0744. The van der Waals surface area contributed by atoms with Crippen LogP contribution in [0.15, 0.2) is 59.0 Å². The number of nitrogens with zero attached hydrogens (tertiary/aromatic N) is 1. The topological polar surface area (TPSA) is 12.4 Å². The molecule has 0 aliphatic carbocycles. The molecule has 82 valence electrons. The van der Waals surface area contributed by atoms with E-state index < -0.39 is 0 Å². The lowest BCUT2D eigenvalue weighted by molar-refractivity contribution is 1.53. The quantitative estimate of drug-likeness (QED) is 0.736. The monoisotopic (exact) mass is 229 g/mol. The predicted molar refractivity (Wildman–Crippen MR) is 73.2 cm³/mol. The first-order valence-corrected chi connectivity index (χ1v) is 7.21. The molecule has 0 radical (unpaired) electrons. The SMILES string of the molecule is CS(C)=Nc1ccccc1-c1ccccc1. The molecule has 0 amide bonds.